The maximum absolute atomic E-state index is 11.9. The summed E-state index contributed by atoms with van der Waals surface area (Å²) in [4.78, 5) is 17.0. The van der Waals surface area contributed by atoms with Crippen LogP contribution in [0.1, 0.15) is 31.9 Å². The Morgan fingerprint density at radius 2 is 1.91 bits per heavy atom. The number of rotatable bonds is 5. The monoisotopic (exact) mass is 314 g/mol. The van der Waals surface area contributed by atoms with E-state index in [1.54, 1.807) is 24.2 Å². The second-order valence-electron chi connectivity index (χ2n) is 6.20. The molecule has 2 aromatic rings. The first kappa shape index (κ1) is 16.6. The molecule has 22 heavy (non-hydrogen) atoms. The molecule has 116 valence electrons. The average molecular weight is 314 g/mol. The maximum Gasteiger partial charge on any atom is 0.230 e. The lowest BCUT2D eigenvalue weighted by Crippen LogP contribution is -2.24. The van der Waals surface area contributed by atoms with Crippen molar-refractivity contribution in [2.75, 3.05) is 5.75 Å². The van der Waals surface area contributed by atoms with Crippen LogP contribution in [-0.4, -0.2) is 16.6 Å². The van der Waals surface area contributed by atoms with Crippen molar-refractivity contribution in [1.29, 1.82) is 0 Å². The van der Waals surface area contributed by atoms with Crippen LogP contribution in [0.5, 0.6) is 0 Å². The lowest BCUT2D eigenvalue weighted by molar-refractivity contribution is -0.118. The van der Waals surface area contributed by atoms with Gasteiger partial charge in [0.15, 0.2) is 0 Å². The summed E-state index contributed by atoms with van der Waals surface area (Å²) < 4.78 is 0. The Kier molecular flexibility index (Phi) is 5.61. The molecule has 2 rings (SSSR count). The molecule has 0 saturated heterocycles. The van der Waals surface area contributed by atoms with Gasteiger partial charge in [0.05, 0.1) is 5.75 Å². The maximum atomic E-state index is 11.9. The zero-order chi connectivity index (χ0) is 16.0. The molecular weight excluding hydrogens is 292 g/mol. The van der Waals surface area contributed by atoms with Crippen molar-refractivity contribution in [3.8, 4) is 0 Å². The van der Waals surface area contributed by atoms with E-state index in [2.05, 4.69) is 55.3 Å². The molecule has 1 N–H and O–H groups in total. The van der Waals surface area contributed by atoms with Crippen LogP contribution < -0.4 is 5.32 Å². The summed E-state index contributed by atoms with van der Waals surface area (Å²) in [6.07, 6.45) is 3.49. The smallest absolute Gasteiger partial charge is 0.230 e. The van der Waals surface area contributed by atoms with E-state index >= 15 is 0 Å². The summed E-state index contributed by atoms with van der Waals surface area (Å²) in [5.41, 5.74) is 2.47. The van der Waals surface area contributed by atoms with Gasteiger partial charge in [-0.3, -0.25) is 9.78 Å². The molecule has 0 aliphatic rings. The van der Waals surface area contributed by atoms with Gasteiger partial charge in [-0.2, -0.15) is 0 Å². The number of nitrogens with one attached hydrogen (secondary N) is 1. The normalized spacial score (nSPS) is 11.2. The minimum Gasteiger partial charge on any atom is -0.351 e. The minimum atomic E-state index is 0.0359. The summed E-state index contributed by atoms with van der Waals surface area (Å²) in [5, 5.41) is 2.91. The highest BCUT2D eigenvalue weighted by atomic mass is 32.2. The van der Waals surface area contributed by atoms with Crippen molar-refractivity contribution >= 4 is 17.7 Å². The first-order valence-corrected chi connectivity index (χ1v) is 8.32. The van der Waals surface area contributed by atoms with E-state index in [0.29, 0.717) is 12.3 Å². The molecule has 0 fully saturated rings. The van der Waals surface area contributed by atoms with Gasteiger partial charge in [0, 0.05) is 23.8 Å². The van der Waals surface area contributed by atoms with Gasteiger partial charge in [0.1, 0.15) is 0 Å². The zero-order valence-electron chi connectivity index (χ0n) is 13.3. The van der Waals surface area contributed by atoms with Crippen molar-refractivity contribution in [3.05, 3.63) is 59.9 Å². The van der Waals surface area contributed by atoms with Gasteiger partial charge in [-0.1, -0.05) is 39.0 Å². The van der Waals surface area contributed by atoms with Crippen LogP contribution in [0, 0.1) is 0 Å². The molecule has 1 amide bonds. The largest absolute Gasteiger partial charge is 0.351 e. The Morgan fingerprint density at radius 3 is 2.50 bits per heavy atom. The minimum absolute atomic E-state index is 0.0359. The van der Waals surface area contributed by atoms with Crippen LogP contribution in [0.3, 0.4) is 0 Å². The third kappa shape index (κ3) is 5.19. The van der Waals surface area contributed by atoms with Crippen LogP contribution in [-0.2, 0) is 16.8 Å². The molecule has 3 nitrogen and oxygen atoms in total. The molecule has 1 aromatic carbocycles. The summed E-state index contributed by atoms with van der Waals surface area (Å²) >= 11 is 1.56. The molecular formula is C18H22N2OS. The highest BCUT2D eigenvalue weighted by Crippen LogP contribution is 2.25. The van der Waals surface area contributed by atoms with Crippen LogP contribution in [0.2, 0.25) is 0 Å². The number of carbonyl (C=O) groups excluding carboxylic acids is 1. The van der Waals surface area contributed by atoms with Crippen LogP contribution in [0.4, 0.5) is 0 Å². The standard InChI is InChI=1S/C18H22N2OS/c1-18(2,3)15-6-8-16(9-7-15)22-13-17(21)20-12-14-5-4-10-19-11-14/h4-11H,12-13H2,1-3H3,(H,20,21). The Labute approximate surface area is 136 Å². The van der Waals surface area contributed by atoms with E-state index in [9.17, 15) is 4.79 Å². The number of amides is 1. The summed E-state index contributed by atoms with van der Waals surface area (Å²) in [6.45, 7) is 7.11. The van der Waals surface area contributed by atoms with Gasteiger partial charge in [-0.15, -0.1) is 11.8 Å². The molecule has 0 atom stereocenters. The number of carbonyl (C=O) groups is 1. The molecule has 1 heterocycles. The number of hydrogen-bond donors (Lipinski definition) is 1. The Balaban J connectivity index is 1.79. The number of nitrogens with zero attached hydrogens (tertiary/aromatic N) is 1. The quantitative estimate of drug-likeness (QED) is 0.854. The molecule has 0 radical (unpaired) electrons. The van der Waals surface area contributed by atoms with Crippen molar-refractivity contribution in [2.45, 2.75) is 37.6 Å². The van der Waals surface area contributed by atoms with Crippen LogP contribution in [0.15, 0.2) is 53.7 Å². The van der Waals surface area contributed by atoms with Crippen LogP contribution in [0.25, 0.3) is 0 Å². The highest BCUT2D eigenvalue weighted by Gasteiger charge is 2.13. The first-order valence-electron chi connectivity index (χ1n) is 7.34. The highest BCUT2D eigenvalue weighted by molar-refractivity contribution is 8.00. The second-order valence-corrected chi connectivity index (χ2v) is 7.25. The van der Waals surface area contributed by atoms with E-state index in [1.807, 2.05) is 12.1 Å². The predicted molar refractivity (Wildman–Crippen MR) is 91.9 cm³/mol. The fourth-order valence-electron chi connectivity index (χ4n) is 1.95. The second kappa shape index (κ2) is 7.45. The van der Waals surface area contributed by atoms with Gasteiger partial charge in [0.25, 0.3) is 0 Å². The van der Waals surface area contributed by atoms with Crippen LogP contribution >= 0.6 is 11.8 Å². The van der Waals surface area contributed by atoms with Crippen molar-refractivity contribution < 1.29 is 4.79 Å². The van der Waals surface area contributed by atoms with E-state index < -0.39 is 0 Å². The summed E-state index contributed by atoms with van der Waals surface area (Å²) in [6, 6.07) is 12.3. The van der Waals surface area contributed by atoms with Crippen molar-refractivity contribution in [2.24, 2.45) is 0 Å². The van der Waals surface area contributed by atoms with E-state index in [1.165, 1.54) is 5.56 Å². The van der Waals surface area contributed by atoms with Gasteiger partial charge in [-0.05, 0) is 34.7 Å². The average Bonchev–Trinajstić information content (AvgIpc) is 2.51. The zero-order valence-corrected chi connectivity index (χ0v) is 14.1. The molecule has 0 unspecified atom stereocenters. The first-order chi connectivity index (χ1) is 10.4. The topological polar surface area (TPSA) is 42.0 Å². The molecule has 4 heteroatoms. The van der Waals surface area contributed by atoms with E-state index in [0.717, 1.165) is 10.5 Å². The lowest BCUT2D eigenvalue weighted by atomic mass is 9.87. The van der Waals surface area contributed by atoms with E-state index in [-0.39, 0.29) is 11.3 Å². The molecule has 0 aliphatic carbocycles. The predicted octanol–water partition coefficient (Wildman–Crippen LogP) is 3.79. The molecule has 0 spiro atoms. The number of thioether (sulfide) groups is 1. The van der Waals surface area contributed by atoms with Crippen molar-refractivity contribution in [3.63, 3.8) is 0 Å². The van der Waals surface area contributed by atoms with Crippen molar-refractivity contribution in [1.82, 2.24) is 10.3 Å². The summed E-state index contributed by atoms with van der Waals surface area (Å²) in [5.74, 6) is 0.462. The number of pyridine rings is 1. The number of hydrogen-bond acceptors (Lipinski definition) is 3. The molecule has 0 aliphatic heterocycles. The SMILES string of the molecule is CC(C)(C)c1ccc(SCC(=O)NCc2cccnc2)cc1. The van der Waals surface area contributed by atoms with Gasteiger partial charge >= 0.3 is 0 Å². The van der Waals surface area contributed by atoms with Gasteiger partial charge in [-0.25, -0.2) is 0 Å². The fraction of sp³-hybridized carbons (Fsp3) is 0.333. The lowest BCUT2D eigenvalue weighted by Gasteiger charge is -2.19. The molecule has 1 aromatic heterocycles. The molecule has 0 saturated carbocycles. The third-order valence-electron chi connectivity index (χ3n) is 3.30. The van der Waals surface area contributed by atoms with E-state index in [4.69, 9.17) is 0 Å². The number of aromatic nitrogens is 1. The Morgan fingerprint density at radius 1 is 1.18 bits per heavy atom. The molecule has 0 bridgehead atoms. The van der Waals surface area contributed by atoms with Gasteiger partial charge < -0.3 is 5.32 Å². The number of benzene rings is 1. The van der Waals surface area contributed by atoms with Gasteiger partial charge in [0.2, 0.25) is 5.91 Å². The Bertz CT molecular complexity index is 603. The Hall–Kier alpha value is -1.81. The summed E-state index contributed by atoms with van der Waals surface area (Å²) in [7, 11) is 0. The fourth-order valence-corrected chi connectivity index (χ4v) is 2.68. The third-order valence-corrected chi connectivity index (χ3v) is 4.31.